The van der Waals surface area contributed by atoms with Crippen LogP contribution in [0.2, 0.25) is 0 Å². The zero-order chi connectivity index (χ0) is 10.7. The van der Waals surface area contributed by atoms with E-state index in [2.05, 4.69) is 8.62 Å². The molecule has 0 heterocycles. The fourth-order valence-corrected chi connectivity index (χ4v) is 2.88. The van der Waals surface area contributed by atoms with Gasteiger partial charge in [-0.3, -0.25) is 4.89 Å². The number of rotatable bonds is 5. The van der Waals surface area contributed by atoms with Crippen LogP contribution in [0.4, 0.5) is 0 Å². The predicted molar refractivity (Wildman–Crippen MR) is 38.7 cm³/mol. The van der Waals surface area contributed by atoms with E-state index in [1.54, 1.807) is 0 Å². The summed E-state index contributed by atoms with van der Waals surface area (Å²) in [5.74, 6) is 0. The van der Waals surface area contributed by atoms with Gasteiger partial charge in [0.2, 0.25) is 0 Å². The first-order chi connectivity index (χ1) is 5.66. The molecule has 0 saturated heterocycles. The van der Waals surface area contributed by atoms with Crippen LogP contribution in [0.5, 0.6) is 0 Å². The number of aliphatic hydroxyl groups is 1. The molecule has 0 aliphatic heterocycles. The van der Waals surface area contributed by atoms with Crippen LogP contribution >= 0.6 is 23.7 Å². The summed E-state index contributed by atoms with van der Waals surface area (Å²) in [5, 5.41) is 8.11. The summed E-state index contributed by atoms with van der Waals surface area (Å²) in [6, 6.07) is 0. The third-order valence-corrected chi connectivity index (χ3v) is 3.98. The van der Waals surface area contributed by atoms with Gasteiger partial charge in [-0.15, -0.1) is 0 Å². The molecule has 0 spiro atoms. The summed E-state index contributed by atoms with van der Waals surface area (Å²) in [5.41, 5.74) is 0. The van der Waals surface area contributed by atoms with Crippen molar-refractivity contribution in [2.24, 2.45) is 0 Å². The molecule has 0 fully saturated rings. The molecule has 13 heavy (non-hydrogen) atoms. The fraction of sp³-hybridized carbons (Fsp3) is 1.00. The van der Waals surface area contributed by atoms with Gasteiger partial charge in [-0.1, -0.05) is 0 Å². The summed E-state index contributed by atoms with van der Waals surface area (Å²) >= 11 is 0. The van der Waals surface area contributed by atoms with Crippen molar-refractivity contribution in [1.82, 2.24) is 0 Å². The van der Waals surface area contributed by atoms with Crippen LogP contribution < -0.4 is 0 Å². The first-order valence-electron chi connectivity index (χ1n) is 2.51. The van der Waals surface area contributed by atoms with E-state index in [-0.39, 0.29) is 0 Å². The van der Waals surface area contributed by atoms with E-state index in [1.807, 2.05) is 0 Å². The van der Waals surface area contributed by atoms with Crippen LogP contribution in [0, 0.1) is 0 Å². The molecule has 2 unspecified atom stereocenters. The Kier molecular flexibility index (Phi) is 4.82. The van der Waals surface area contributed by atoms with Crippen LogP contribution in [0.15, 0.2) is 0 Å². The van der Waals surface area contributed by atoms with E-state index < -0.39 is 30.0 Å². The summed E-state index contributed by atoms with van der Waals surface area (Å²) in [4.78, 5) is 24.6. The molecule has 0 amide bonds. The third-order valence-electron chi connectivity index (χ3n) is 0.519. The van der Waals surface area contributed by atoms with Gasteiger partial charge in [-0.25, -0.2) is 9.13 Å². The van der Waals surface area contributed by atoms with Crippen LogP contribution in [0.25, 0.3) is 0 Å². The highest BCUT2D eigenvalue weighted by atomic mass is 31.3. The van der Waals surface area contributed by atoms with E-state index in [0.29, 0.717) is 0 Å². The molecule has 0 bridgehead atoms. The van der Waals surface area contributed by atoms with E-state index in [9.17, 15) is 13.7 Å². The second kappa shape index (κ2) is 4.70. The Morgan fingerprint density at radius 2 is 1.69 bits per heavy atom. The van der Waals surface area contributed by atoms with Crippen LogP contribution in [-0.2, 0) is 22.3 Å². The molecule has 0 aromatic heterocycles. The molecule has 12 heteroatoms. The van der Waals surface area contributed by atoms with Crippen molar-refractivity contribution < 1.29 is 42.1 Å². The first kappa shape index (κ1) is 13.3. The van der Waals surface area contributed by atoms with Crippen LogP contribution in [0.1, 0.15) is 0 Å². The second-order valence-electron chi connectivity index (χ2n) is 1.60. The maximum Gasteiger partial charge on any atom is 0.547 e. The lowest BCUT2D eigenvalue weighted by molar-refractivity contribution is 0.229. The minimum atomic E-state index is -5.20. The molecule has 0 aliphatic carbocycles. The average molecular weight is 255 g/mol. The van der Waals surface area contributed by atoms with Gasteiger partial charge in [0, 0.05) is 0 Å². The molecule has 2 atom stereocenters. The van der Waals surface area contributed by atoms with Crippen molar-refractivity contribution in [3.05, 3.63) is 0 Å². The maximum absolute atomic E-state index is 10.5. The molecule has 78 valence electrons. The lowest BCUT2D eigenvalue weighted by Crippen LogP contribution is -1.89. The number of aliphatic hydroxyl groups excluding tert-OH is 1. The van der Waals surface area contributed by atoms with Crippen molar-refractivity contribution in [3.8, 4) is 0 Å². The second-order valence-corrected chi connectivity index (χ2v) is 5.77. The van der Waals surface area contributed by atoms with Crippen molar-refractivity contribution >= 4 is 23.7 Å². The molecule has 4 N–H and O–H groups in total. The molecule has 0 rings (SSSR count). The van der Waals surface area contributed by atoms with E-state index in [4.69, 9.17) is 19.8 Å². The van der Waals surface area contributed by atoms with Crippen molar-refractivity contribution in [3.63, 3.8) is 0 Å². The van der Waals surface area contributed by atoms with E-state index >= 15 is 0 Å². The minimum absolute atomic E-state index is 1.07. The average Bonchev–Trinajstić information content (AvgIpc) is 1.80. The van der Waals surface area contributed by atoms with Crippen LogP contribution in [-0.4, -0.2) is 26.1 Å². The lowest BCUT2D eigenvalue weighted by atomic mass is 11.7. The molecule has 0 aromatic rings. The Morgan fingerprint density at radius 1 is 1.23 bits per heavy atom. The van der Waals surface area contributed by atoms with Gasteiger partial charge in [-0.2, -0.15) is 4.31 Å². The van der Waals surface area contributed by atoms with E-state index in [0.717, 1.165) is 0 Å². The van der Waals surface area contributed by atoms with Gasteiger partial charge in [0.1, 0.15) is 0 Å². The maximum atomic E-state index is 10.5. The van der Waals surface area contributed by atoms with Crippen molar-refractivity contribution in [1.29, 1.82) is 0 Å². The summed E-state index contributed by atoms with van der Waals surface area (Å²) < 4.78 is 37.7. The van der Waals surface area contributed by atoms with Gasteiger partial charge in [0.15, 0.2) is 0 Å². The number of hydrogen-bond donors (Lipinski definition) is 4. The largest absolute Gasteiger partial charge is 0.547 e. The summed E-state index contributed by atoms with van der Waals surface area (Å²) in [6.07, 6.45) is -1.07. The highest BCUT2D eigenvalue weighted by Gasteiger charge is 2.40. The molecular weight excluding hydrogens is 249 g/mol. The Balaban J connectivity index is 4.34. The topological polar surface area (TPSA) is 151 Å². The van der Waals surface area contributed by atoms with Gasteiger partial charge in [0.05, 0.1) is 0 Å². The smallest absolute Gasteiger partial charge is 0.351 e. The van der Waals surface area contributed by atoms with Crippen molar-refractivity contribution in [2.75, 3.05) is 6.35 Å². The van der Waals surface area contributed by atoms with Crippen LogP contribution in [0.3, 0.4) is 0 Å². The molecule has 0 aliphatic rings. The predicted octanol–water partition coefficient (Wildman–Crippen LogP) is -0.0951. The monoisotopic (exact) mass is 255 g/mol. The normalized spacial score (nSPS) is 18.0. The lowest BCUT2D eigenvalue weighted by Gasteiger charge is -2.05. The molecule has 0 aromatic carbocycles. The zero-order valence-electron chi connectivity index (χ0n) is 5.88. The van der Waals surface area contributed by atoms with Crippen molar-refractivity contribution in [2.45, 2.75) is 0 Å². The molecule has 0 saturated carbocycles. The highest BCUT2D eigenvalue weighted by molar-refractivity contribution is 7.64. The molecule has 0 radical (unpaired) electrons. The SMILES string of the molecule is O=[P+](CO)OP(=O)(O)OP(=O)(O)O. The zero-order valence-corrected chi connectivity index (χ0v) is 8.56. The summed E-state index contributed by atoms with van der Waals surface area (Å²) in [6.45, 7) is 0. The quantitative estimate of drug-likeness (QED) is 0.493. The van der Waals surface area contributed by atoms with Gasteiger partial charge in [-0.05, 0) is 8.88 Å². The Labute approximate surface area is 73.0 Å². The third kappa shape index (κ3) is 7.40. The number of phosphoric acid groups is 2. The van der Waals surface area contributed by atoms with Gasteiger partial charge in [0.25, 0.3) is 6.35 Å². The van der Waals surface area contributed by atoms with E-state index in [1.165, 1.54) is 0 Å². The highest BCUT2D eigenvalue weighted by Crippen LogP contribution is 2.61. The Morgan fingerprint density at radius 3 is 2.00 bits per heavy atom. The minimum Gasteiger partial charge on any atom is -0.351 e. The Bertz CT molecular complexity index is 275. The molecule has 9 nitrogen and oxygen atoms in total. The Hall–Kier alpha value is 0.320. The first-order valence-corrected chi connectivity index (χ1v) is 6.90. The molecular formula is CH6O9P3+. The number of hydrogen-bond acceptors (Lipinski definition) is 6. The fourth-order valence-electron chi connectivity index (χ4n) is 0.290. The van der Waals surface area contributed by atoms with Gasteiger partial charge < -0.3 is 14.9 Å². The summed E-state index contributed by atoms with van der Waals surface area (Å²) in [7, 11) is -13.2. The van der Waals surface area contributed by atoms with Gasteiger partial charge >= 0.3 is 23.7 Å². The standard InChI is InChI=1S/CH5O9P3/c2-1-11(3)9-13(7,8)10-12(4,5)6/h2H,1H2,(H2-,4,5,6,7,8)/p+1.